The van der Waals surface area contributed by atoms with Gasteiger partial charge in [-0.05, 0) is 43.5 Å². The van der Waals surface area contributed by atoms with Gasteiger partial charge in [-0.3, -0.25) is 4.98 Å². The first-order valence-electron chi connectivity index (χ1n) is 6.37. The molecule has 96 valence electrons. The van der Waals surface area contributed by atoms with E-state index in [0.29, 0.717) is 12.0 Å². The van der Waals surface area contributed by atoms with Crippen molar-refractivity contribution < 1.29 is 0 Å². The molecule has 0 saturated heterocycles. The summed E-state index contributed by atoms with van der Waals surface area (Å²) in [6.07, 6.45) is 2.94. The van der Waals surface area contributed by atoms with Crippen molar-refractivity contribution >= 4 is 28.2 Å². The van der Waals surface area contributed by atoms with Crippen LogP contribution in [0.2, 0.25) is 5.02 Å². The van der Waals surface area contributed by atoms with Crippen molar-refractivity contribution in [2.24, 2.45) is 5.92 Å². The van der Waals surface area contributed by atoms with Gasteiger partial charge in [0, 0.05) is 17.6 Å². The number of rotatable bonds is 4. The Bertz CT molecular complexity index is 537. The number of aromatic nitrogens is 1. The Hall–Kier alpha value is -1.28. The van der Waals surface area contributed by atoms with E-state index in [1.165, 1.54) is 0 Å². The SMILES string of the molecule is CC(C)CC(C)Nc1ccc(Cl)c2cccnc12. The number of hydrogen-bond donors (Lipinski definition) is 1. The summed E-state index contributed by atoms with van der Waals surface area (Å²) in [6.45, 7) is 6.66. The highest BCUT2D eigenvalue weighted by molar-refractivity contribution is 6.35. The zero-order chi connectivity index (χ0) is 13.1. The van der Waals surface area contributed by atoms with Crippen molar-refractivity contribution in [1.82, 2.24) is 4.98 Å². The van der Waals surface area contributed by atoms with Crippen molar-refractivity contribution in [2.45, 2.75) is 33.2 Å². The number of hydrogen-bond acceptors (Lipinski definition) is 2. The number of benzene rings is 1. The zero-order valence-electron chi connectivity index (χ0n) is 11.1. The minimum Gasteiger partial charge on any atom is -0.381 e. The van der Waals surface area contributed by atoms with E-state index in [9.17, 15) is 0 Å². The molecule has 2 aromatic rings. The molecule has 1 aromatic carbocycles. The molecular formula is C15H19ClN2. The quantitative estimate of drug-likeness (QED) is 0.861. The van der Waals surface area contributed by atoms with Crippen molar-refractivity contribution in [2.75, 3.05) is 5.32 Å². The zero-order valence-corrected chi connectivity index (χ0v) is 11.8. The Morgan fingerprint density at radius 3 is 2.72 bits per heavy atom. The standard InChI is InChI=1S/C15H19ClN2/c1-10(2)9-11(3)18-14-7-6-13(16)12-5-4-8-17-15(12)14/h4-8,10-11,18H,9H2,1-3H3. The fraction of sp³-hybridized carbons (Fsp3) is 0.400. The molecule has 3 heteroatoms. The predicted octanol–water partition coefficient (Wildman–Crippen LogP) is 4.73. The Balaban J connectivity index is 2.31. The number of fused-ring (bicyclic) bond motifs is 1. The maximum Gasteiger partial charge on any atom is 0.0948 e. The maximum absolute atomic E-state index is 6.18. The first-order valence-corrected chi connectivity index (χ1v) is 6.75. The van der Waals surface area contributed by atoms with Crippen molar-refractivity contribution in [3.63, 3.8) is 0 Å². The van der Waals surface area contributed by atoms with Gasteiger partial charge in [-0.15, -0.1) is 0 Å². The predicted molar refractivity (Wildman–Crippen MR) is 79.3 cm³/mol. The molecule has 1 heterocycles. The lowest BCUT2D eigenvalue weighted by atomic mass is 10.0. The molecule has 1 unspecified atom stereocenters. The average molecular weight is 263 g/mol. The van der Waals surface area contributed by atoms with Crippen molar-refractivity contribution in [3.05, 3.63) is 35.5 Å². The van der Waals surface area contributed by atoms with E-state index in [4.69, 9.17) is 11.6 Å². The summed E-state index contributed by atoms with van der Waals surface area (Å²) in [6, 6.07) is 8.28. The van der Waals surface area contributed by atoms with E-state index < -0.39 is 0 Å². The molecule has 0 saturated carbocycles. The molecule has 1 aromatic heterocycles. The topological polar surface area (TPSA) is 24.9 Å². The summed E-state index contributed by atoms with van der Waals surface area (Å²) < 4.78 is 0. The number of pyridine rings is 1. The van der Waals surface area contributed by atoms with Gasteiger partial charge in [-0.25, -0.2) is 0 Å². The van der Waals surface area contributed by atoms with Crippen LogP contribution < -0.4 is 5.32 Å². The fourth-order valence-electron chi connectivity index (χ4n) is 2.29. The number of nitrogens with one attached hydrogen (secondary N) is 1. The molecule has 1 N–H and O–H groups in total. The Morgan fingerprint density at radius 2 is 2.00 bits per heavy atom. The number of nitrogens with zero attached hydrogens (tertiary/aromatic N) is 1. The third-order valence-corrected chi connectivity index (χ3v) is 3.27. The second-order valence-electron chi connectivity index (χ2n) is 5.17. The number of anilines is 1. The first kappa shape index (κ1) is 13.2. The Kier molecular flexibility index (Phi) is 4.07. The summed E-state index contributed by atoms with van der Waals surface area (Å²) in [5.74, 6) is 0.680. The van der Waals surface area contributed by atoms with Crippen LogP contribution in [0.1, 0.15) is 27.2 Å². The third kappa shape index (κ3) is 2.94. The molecule has 2 rings (SSSR count). The van der Waals surface area contributed by atoms with Gasteiger partial charge in [0.15, 0.2) is 0 Å². The second-order valence-corrected chi connectivity index (χ2v) is 5.58. The molecule has 0 spiro atoms. The highest BCUT2D eigenvalue weighted by atomic mass is 35.5. The molecule has 1 atom stereocenters. The lowest BCUT2D eigenvalue weighted by molar-refractivity contribution is 0.540. The Morgan fingerprint density at radius 1 is 1.22 bits per heavy atom. The van der Waals surface area contributed by atoms with Crippen LogP contribution in [0.3, 0.4) is 0 Å². The number of halogens is 1. The van der Waals surface area contributed by atoms with Gasteiger partial charge in [-0.1, -0.05) is 25.4 Å². The van der Waals surface area contributed by atoms with Gasteiger partial charge in [0.05, 0.1) is 16.2 Å². The maximum atomic E-state index is 6.18. The van der Waals surface area contributed by atoms with Crippen LogP contribution in [0.5, 0.6) is 0 Å². The monoisotopic (exact) mass is 262 g/mol. The summed E-state index contributed by atoms with van der Waals surface area (Å²) in [5.41, 5.74) is 2.00. The van der Waals surface area contributed by atoms with Gasteiger partial charge < -0.3 is 5.32 Å². The molecule has 0 amide bonds. The van der Waals surface area contributed by atoms with Crippen LogP contribution in [-0.4, -0.2) is 11.0 Å². The van der Waals surface area contributed by atoms with Gasteiger partial charge >= 0.3 is 0 Å². The van der Waals surface area contributed by atoms with Gasteiger partial charge in [0.2, 0.25) is 0 Å². The molecule has 0 aliphatic rings. The Labute approximate surface area is 113 Å². The summed E-state index contributed by atoms with van der Waals surface area (Å²) >= 11 is 6.18. The van der Waals surface area contributed by atoms with E-state index in [2.05, 4.69) is 31.1 Å². The third-order valence-electron chi connectivity index (χ3n) is 2.94. The second kappa shape index (κ2) is 5.57. The largest absolute Gasteiger partial charge is 0.381 e. The molecule has 0 bridgehead atoms. The van der Waals surface area contributed by atoms with E-state index in [1.54, 1.807) is 6.20 Å². The van der Waals surface area contributed by atoms with Crippen LogP contribution in [0.25, 0.3) is 10.9 Å². The van der Waals surface area contributed by atoms with Crippen LogP contribution in [0.15, 0.2) is 30.5 Å². The molecular weight excluding hydrogens is 244 g/mol. The molecule has 0 radical (unpaired) electrons. The molecule has 0 aliphatic heterocycles. The smallest absolute Gasteiger partial charge is 0.0948 e. The lowest BCUT2D eigenvalue weighted by Gasteiger charge is -2.18. The summed E-state index contributed by atoms with van der Waals surface area (Å²) in [5, 5.41) is 5.27. The van der Waals surface area contributed by atoms with Gasteiger partial charge in [-0.2, -0.15) is 0 Å². The van der Waals surface area contributed by atoms with E-state index in [0.717, 1.165) is 28.0 Å². The van der Waals surface area contributed by atoms with Crippen LogP contribution in [0, 0.1) is 5.92 Å². The summed E-state index contributed by atoms with van der Waals surface area (Å²) in [4.78, 5) is 4.43. The molecule has 18 heavy (non-hydrogen) atoms. The van der Waals surface area contributed by atoms with Crippen molar-refractivity contribution in [1.29, 1.82) is 0 Å². The van der Waals surface area contributed by atoms with Gasteiger partial charge in [0.25, 0.3) is 0 Å². The van der Waals surface area contributed by atoms with Crippen LogP contribution >= 0.6 is 11.6 Å². The minimum atomic E-state index is 0.427. The minimum absolute atomic E-state index is 0.427. The molecule has 2 nitrogen and oxygen atoms in total. The molecule has 0 fully saturated rings. The lowest BCUT2D eigenvalue weighted by Crippen LogP contribution is -2.17. The summed E-state index contributed by atoms with van der Waals surface area (Å²) in [7, 11) is 0. The van der Waals surface area contributed by atoms with Gasteiger partial charge in [0.1, 0.15) is 0 Å². The van der Waals surface area contributed by atoms with E-state index >= 15 is 0 Å². The first-order chi connectivity index (χ1) is 8.58. The highest BCUT2D eigenvalue weighted by Crippen LogP contribution is 2.28. The van der Waals surface area contributed by atoms with Crippen LogP contribution in [-0.2, 0) is 0 Å². The fourth-order valence-corrected chi connectivity index (χ4v) is 2.50. The average Bonchev–Trinajstić information content (AvgIpc) is 2.32. The van der Waals surface area contributed by atoms with Crippen LogP contribution in [0.4, 0.5) is 5.69 Å². The van der Waals surface area contributed by atoms with Crippen molar-refractivity contribution in [3.8, 4) is 0 Å². The highest BCUT2D eigenvalue weighted by Gasteiger charge is 2.09. The normalized spacial score (nSPS) is 12.9. The van der Waals surface area contributed by atoms with E-state index in [-0.39, 0.29) is 0 Å². The molecule has 0 aliphatic carbocycles. The van der Waals surface area contributed by atoms with E-state index in [1.807, 2.05) is 24.3 Å².